The zero-order chi connectivity index (χ0) is 20.4. The zero-order valence-corrected chi connectivity index (χ0v) is 17.6. The Balaban J connectivity index is 1.46. The predicted octanol–water partition coefficient (Wildman–Crippen LogP) is 5.50. The molecule has 1 aromatic rings. The predicted molar refractivity (Wildman–Crippen MR) is 113 cm³/mol. The van der Waals surface area contributed by atoms with Crippen molar-refractivity contribution >= 4 is 6.08 Å². The summed E-state index contributed by atoms with van der Waals surface area (Å²) in [6, 6.07) is 6.58. The first-order valence-electron chi connectivity index (χ1n) is 11.3. The van der Waals surface area contributed by atoms with Gasteiger partial charge in [-0.2, -0.15) is 0 Å². The fraction of sp³-hybridized carbons (Fsp3) is 0.615. The molecule has 5 rings (SSSR count). The highest BCUT2D eigenvalue weighted by Crippen LogP contribution is 2.65. The third-order valence-electron chi connectivity index (χ3n) is 9.17. The van der Waals surface area contributed by atoms with Crippen LogP contribution in [-0.2, 0) is 0 Å². The van der Waals surface area contributed by atoms with E-state index in [1.54, 1.807) is 12.1 Å². The van der Waals surface area contributed by atoms with Crippen LogP contribution in [0, 0.1) is 34.4 Å². The van der Waals surface area contributed by atoms with Gasteiger partial charge in [0.15, 0.2) is 0 Å². The van der Waals surface area contributed by atoms with Gasteiger partial charge in [0.2, 0.25) is 0 Å². The lowest BCUT2D eigenvalue weighted by Gasteiger charge is -2.57. The first kappa shape index (κ1) is 19.5. The lowest BCUT2D eigenvalue weighted by molar-refractivity contribution is -0.0685. The zero-order valence-electron chi connectivity index (χ0n) is 17.6. The average Bonchev–Trinajstić information content (AvgIpc) is 2.95. The van der Waals surface area contributed by atoms with Gasteiger partial charge in [-0.15, -0.1) is 0 Å². The summed E-state index contributed by atoms with van der Waals surface area (Å²) in [6.07, 6.45) is 11.0. The summed E-state index contributed by atoms with van der Waals surface area (Å²) in [6.45, 7) is 4.72. The molecule has 7 atom stereocenters. The van der Waals surface area contributed by atoms with Gasteiger partial charge in [0.05, 0.1) is 12.2 Å². The van der Waals surface area contributed by atoms with Gasteiger partial charge in [0.25, 0.3) is 0 Å². The highest BCUT2D eigenvalue weighted by molar-refractivity contribution is 5.55. The van der Waals surface area contributed by atoms with Gasteiger partial charge in [-0.05, 0) is 91.4 Å². The van der Waals surface area contributed by atoms with Crippen LogP contribution in [-0.4, -0.2) is 22.4 Å². The van der Waals surface area contributed by atoms with Crippen LogP contribution in [0.5, 0.6) is 0 Å². The molecule has 0 aromatic heterocycles. The summed E-state index contributed by atoms with van der Waals surface area (Å²) in [5.74, 6) is 1.53. The van der Waals surface area contributed by atoms with Gasteiger partial charge < -0.3 is 10.2 Å². The van der Waals surface area contributed by atoms with Crippen LogP contribution in [0.15, 0.2) is 41.5 Å². The standard InChI is InChI=1S/C26H33FO2/c1-25-11-9-20(28)15-18(25)5-8-21-22(25)10-12-26(2)23(21)14-17(24(26)29)13-16-3-6-19(27)7-4-16/h3-7,13,20-24,28-29H,8-12,14-15H2,1-2H3/b17-13+/t20-,21+,22-,23-,24-,25-,26-/m0/s1. The van der Waals surface area contributed by atoms with Crippen molar-refractivity contribution in [2.24, 2.45) is 28.6 Å². The molecule has 3 saturated carbocycles. The fourth-order valence-electron chi connectivity index (χ4n) is 7.41. The molecule has 0 bridgehead atoms. The average molecular weight is 397 g/mol. The smallest absolute Gasteiger partial charge is 0.123 e. The van der Waals surface area contributed by atoms with E-state index in [9.17, 15) is 14.6 Å². The highest BCUT2D eigenvalue weighted by atomic mass is 19.1. The SMILES string of the molecule is C[C@]12CC[C@H]3[C@@H](CC=C4C[C@@H](O)CC[C@@]43C)[C@@H]1C/C(=C\c1ccc(F)cc1)[C@@H]2O. The normalized spacial score (nSPS) is 45.3. The molecule has 0 unspecified atom stereocenters. The van der Waals surface area contributed by atoms with Crippen molar-refractivity contribution in [3.05, 3.63) is 52.9 Å². The molecule has 2 N–H and O–H groups in total. The molecule has 4 aliphatic carbocycles. The van der Waals surface area contributed by atoms with E-state index in [1.165, 1.54) is 24.1 Å². The number of aliphatic hydroxyl groups is 2. The molecule has 0 amide bonds. The van der Waals surface area contributed by atoms with Crippen LogP contribution in [0.2, 0.25) is 0 Å². The van der Waals surface area contributed by atoms with Crippen molar-refractivity contribution < 1.29 is 14.6 Å². The van der Waals surface area contributed by atoms with E-state index in [0.29, 0.717) is 17.8 Å². The first-order chi connectivity index (χ1) is 13.8. The maximum absolute atomic E-state index is 13.3. The van der Waals surface area contributed by atoms with Crippen LogP contribution < -0.4 is 0 Å². The van der Waals surface area contributed by atoms with Gasteiger partial charge in [-0.1, -0.05) is 43.7 Å². The van der Waals surface area contributed by atoms with Crippen molar-refractivity contribution in [2.45, 2.75) is 71.0 Å². The number of aliphatic hydroxyl groups excluding tert-OH is 2. The van der Waals surface area contributed by atoms with Gasteiger partial charge >= 0.3 is 0 Å². The third-order valence-corrected chi connectivity index (χ3v) is 9.17. The summed E-state index contributed by atoms with van der Waals surface area (Å²) < 4.78 is 13.3. The second-order valence-corrected chi connectivity index (χ2v) is 10.6. The number of hydrogen-bond acceptors (Lipinski definition) is 2. The lowest BCUT2D eigenvalue weighted by atomic mass is 9.48. The Labute approximate surface area is 173 Å². The van der Waals surface area contributed by atoms with Crippen LogP contribution in [0.1, 0.15) is 64.4 Å². The van der Waals surface area contributed by atoms with Gasteiger partial charge in [-0.25, -0.2) is 4.39 Å². The quantitative estimate of drug-likeness (QED) is 0.615. The van der Waals surface area contributed by atoms with Gasteiger partial charge in [0.1, 0.15) is 5.82 Å². The minimum Gasteiger partial charge on any atom is -0.393 e. The van der Waals surface area contributed by atoms with Crippen LogP contribution in [0.25, 0.3) is 6.08 Å². The molecular weight excluding hydrogens is 363 g/mol. The summed E-state index contributed by atoms with van der Waals surface area (Å²) in [5, 5.41) is 21.5. The molecule has 2 nitrogen and oxygen atoms in total. The van der Waals surface area contributed by atoms with E-state index < -0.39 is 6.10 Å². The van der Waals surface area contributed by atoms with E-state index in [-0.39, 0.29) is 22.8 Å². The molecule has 4 aliphatic rings. The van der Waals surface area contributed by atoms with Crippen molar-refractivity contribution in [3.8, 4) is 0 Å². The second-order valence-electron chi connectivity index (χ2n) is 10.6. The van der Waals surface area contributed by atoms with Crippen LogP contribution in [0.4, 0.5) is 4.39 Å². The Kier molecular flexibility index (Phi) is 4.56. The molecule has 3 fully saturated rings. The molecule has 0 aliphatic heterocycles. The van der Waals surface area contributed by atoms with Crippen molar-refractivity contribution in [2.75, 3.05) is 0 Å². The number of fused-ring (bicyclic) bond motifs is 5. The highest BCUT2D eigenvalue weighted by Gasteiger charge is 2.59. The molecule has 0 heterocycles. The van der Waals surface area contributed by atoms with E-state index in [4.69, 9.17) is 0 Å². The van der Waals surface area contributed by atoms with Gasteiger partial charge in [0, 0.05) is 5.41 Å². The maximum atomic E-state index is 13.3. The molecule has 156 valence electrons. The molecule has 0 saturated heterocycles. The Bertz CT molecular complexity index is 856. The minimum absolute atomic E-state index is 0.0666. The summed E-state index contributed by atoms with van der Waals surface area (Å²) in [7, 11) is 0. The summed E-state index contributed by atoms with van der Waals surface area (Å²) in [4.78, 5) is 0. The lowest BCUT2D eigenvalue weighted by Crippen LogP contribution is -2.51. The van der Waals surface area contributed by atoms with E-state index in [2.05, 4.69) is 26.0 Å². The number of rotatable bonds is 1. The number of allylic oxidation sites excluding steroid dienone is 1. The molecule has 29 heavy (non-hydrogen) atoms. The molecular formula is C26H33FO2. The second kappa shape index (κ2) is 6.78. The number of hydrogen-bond donors (Lipinski definition) is 2. The third kappa shape index (κ3) is 2.96. The molecule has 0 spiro atoms. The van der Waals surface area contributed by atoms with Crippen LogP contribution >= 0.6 is 0 Å². The molecule has 1 aromatic carbocycles. The van der Waals surface area contributed by atoms with Crippen molar-refractivity contribution in [3.63, 3.8) is 0 Å². The Morgan fingerprint density at radius 1 is 1.00 bits per heavy atom. The van der Waals surface area contributed by atoms with Crippen molar-refractivity contribution in [1.82, 2.24) is 0 Å². The Morgan fingerprint density at radius 2 is 1.76 bits per heavy atom. The monoisotopic (exact) mass is 396 g/mol. The number of benzene rings is 1. The topological polar surface area (TPSA) is 40.5 Å². The van der Waals surface area contributed by atoms with Gasteiger partial charge in [-0.3, -0.25) is 0 Å². The van der Waals surface area contributed by atoms with Crippen molar-refractivity contribution in [1.29, 1.82) is 0 Å². The summed E-state index contributed by atoms with van der Waals surface area (Å²) >= 11 is 0. The fourth-order valence-corrected chi connectivity index (χ4v) is 7.41. The Hall–Kier alpha value is -1.45. The molecule has 3 heteroatoms. The number of halogens is 1. The van der Waals surface area contributed by atoms with E-state index in [0.717, 1.165) is 49.7 Å². The Morgan fingerprint density at radius 3 is 2.52 bits per heavy atom. The largest absolute Gasteiger partial charge is 0.393 e. The summed E-state index contributed by atoms with van der Waals surface area (Å²) in [5.41, 5.74) is 3.73. The van der Waals surface area contributed by atoms with E-state index >= 15 is 0 Å². The minimum atomic E-state index is -0.412. The maximum Gasteiger partial charge on any atom is 0.123 e. The van der Waals surface area contributed by atoms with E-state index in [1.807, 2.05) is 0 Å². The molecule has 0 radical (unpaired) electrons. The first-order valence-corrected chi connectivity index (χ1v) is 11.3. The van der Waals surface area contributed by atoms with Crippen LogP contribution in [0.3, 0.4) is 0 Å².